The Morgan fingerprint density at radius 1 is 1.18 bits per heavy atom. The van der Waals surface area contributed by atoms with Gasteiger partial charge in [0.15, 0.2) is 13.7 Å². The molecule has 0 aromatic rings. The Morgan fingerprint density at radius 3 is 2.25 bits per heavy atom. The van der Waals surface area contributed by atoms with E-state index in [1.54, 1.807) is 0 Å². The van der Waals surface area contributed by atoms with E-state index in [-0.39, 0.29) is 16.9 Å². The van der Waals surface area contributed by atoms with Gasteiger partial charge in [0.2, 0.25) is 0 Å². The summed E-state index contributed by atoms with van der Waals surface area (Å²) in [5.74, 6) is -0.682. The number of hydrogen-bond donors (Lipinski definition) is 0. The minimum absolute atomic E-state index is 0.0658. The highest BCUT2D eigenvalue weighted by molar-refractivity contribution is 6.74. The summed E-state index contributed by atoms with van der Waals surface area (Å²) in [6.45, 7) is 14.1. The van der Waals surface area contributed by atoms with E-state index in [9.17, 15) is 9.59 Å². The molecule has 5 nitrogen and oxygen atoms in total. The molecular formula is C22H36O5Si. The highest BCUT2D eigenvalue weighted by Gasteiger charge is 2.55. The molecule has 0 unspecified atom stereocenters. The lowest BCUT2D eigenvalue weighted by molar-refractivity contribution is -0.168. The normalized spacial score (nSPS) is 24.6. The number of ether oxygens (including phenoxy) is 2. The topological polar surface area (TPSA) is 61.8 Å². The van der Waals surface area contributed by atoms with Gasteiger partial charge in [-0.2, -0.15) is 0 Å². The van der Waals surface area contributed by atoms with Gasteiger partial charge < -0.3 is 13.9 Å². The van der Waals surface area contributed by atoms with E-state index in [1.807, 2.05) is 0 Å². The first kappa shape index (κ1) is 22.9. The molecule has 0 amide bonds. The molecular weight excluding hydrogens is 372 g/mol. The lowest BCUT2D eigenvalue weighted by atomic mass is 9.84. The van der Waals surface area contributed by atoms with Gasteiger partial charge in [-0.05, 0) is 50.2 Å². The third-order valence-electron chi connectivity index (χ3n) is 7.02. The Kier molecular flexibility index (Phi) is 6.66. The zero-order valence-electron chi connectivity index (χ0n) is 18.7. The second-order valence-electron chi connectivity index (χ2n) is 9.69. The van der Waals surface area contributed by atoms with Crippen LogP contribution in [0.25, 0.3) is 0 Å². The van der Waals surface area contributed by atoms with Crippen LogP contribution in [0.1, 0.15) is 47.0 Å². The van der Waals surface area contributed by atoms with E-state index in [1.165, 1.54) is 19.8 Å². The van der Waals surface area contributed by atoms with Gasteiger partial charge in [0.25, 0.3) is 0 Å². The number of methoxy groups -OCH3 is 2. The van der Waals surface area contributed by atoms with Crippen molar-refractivity contribution >= 4 is 20.3 Å². The molecule has 0 N–H and O–H groups in total. The van der Waals surface area contributed by atoms with Crippen molar-refractivity contribution < 1.29 is 23.5 Å². The van der Waals surface area contributed by atoms with Crippen LogP contribution in [-0.2, 0) is 23.5 Å². The molecule has 0 aromatic heterocycles. The maximum Gasteiger partial charge on any atom is 0.323 e. The van der Waals surface area contributed by atoms with Gasteiger partial charge in [-0.1, -0.05) is 44.1 Å². The van der Waals surface area contributed by atoms with Crippen LogP contribution in [0.5, 0.6) is 0 Å². The van der Waals surface area contributed by atoms with E-state index in [4.69, 9.17) is 13.9 Å². The van der Waals surface area contributed by atoms with E-state index >= 15 is 0 Å². The van der Waals surface area contributed by atoms with Crippen LogP contribution in [0.4, 0.5) is 0 Å². The number of hydrogen-bond acceptors (Lipinski definition) is 5. The molecule has 2 aliphatic carbocycles. The summed E-state index contributed by atoms with van der Waals surface area (Å²) < 4.78 is 16.5. The first-order valence-corrected chi connectivity index (χ1v) is 13.0. The summed E-state index contributed by atoms with van der Waals surface area (Å²) in [5, 5.41) is 0.162. The number of carbonyl (C=O) groups is 2. The van der Waals surface area contributed by atoms with Gasteiger partial charge in [-0.3, -0.25) is 9.59 Å². The fourth-order valence-electron chi connectivity index (χ4n) is 3.99. The maximum absolute atomic E-state index is 12.5. The van der Waals surface area contributed by atoms with Crippen molar-refractivity contribution in [1.29, 1.82) is 0 Å². The van der Waals surface area contributed by atoms with Crippen LogP contribution in [0.3, 0.4) is 0 Å². The highest BCUT2D eigenvalue weighted by atomic mass is 28.4. The molecule has 0 aliphatic heterocycles. The van der Waals surface area contributed by atoms with Crippen molar-refractivity contribution in [3.63, 3.8) is 0 Å². The molecule has 2 aliphatic rings. The SMILES string of the molecule is COC(=O)C1(C(=O)OC)CC2=C(C)[C@H](CO[Si](C)(C)C(C)(C)C)CC=C[C@@H]2C1. The van der Waals surface area contributed by atoms with Crippen molar-refractivity contribution in [1.82, 2.24) is 0 Å². The zero-order chi connectivity index (χ0) is 21.3. The summed E-state index contributed by atoms with van der Waals surface area (Å²) in [7, 11) is 0.816. The predicted molar refractivity (Wildman–Crippen MR) is 112 cm³/mol. The van der Waals surface area contributed by atoms with E-state index in [2.05, 4.69) is 52.9 Å². The Labute approximate surface area is 170 Å². The van der Waals surface area contributed by atoms with Crippen LogP contribution in [0.15, 0.2) is 23.3 Å². The van der Waals surface area contributed by atoms with E-state index < -0.39 is 25.7 Å². The zero-order valence-corrected chi connectivity index (χ0v) is 19.7. The minimum Gasteiger partial charge on any atom is -0.468 e. The summed E-state index contributed by atoms with van der Waals surface area (Å²) >= 11 is 0. The minimum atomic E-state index is -1.84. The average Bonchev–Trinajstić information content (AvgIpc) is 2.96. The Morgan fingerprint density at radius 2 is 1.75 bits per heavy atom. The van der Waals surface area contributed by atoms with Gasteiger partial charge in [0.1, 0.15) is 0 Å². The Balaban J connectivity index is 2.31. The molecule has 6 heteroatoms. The molecule has 2 atom stereocenters. The van der Waals surface area contributed by atoms with Gasteiger partial charge in [0.05, 0.1) is 14.2 Å². The molecule has 1 fully saturated rings. The summed E-state index contributed by atoms with van der Waals surface area (Å²) in [6.07, 6.45) is 6.00. The summed E-state index contributed by atoms with van der Waals surface area (Å²) in [5.41, 5.74) is 1.16. The molecule has 0 radical (unpaired) electrons. The van der Waals surface area contributed by atoms with Gasteiger partial charge in [-0.15, -0.1) is 0 Å². The molecule has 28 heavy (non-hydrogen) atoms. The quantitative estimate of drug-likeness (QED) is 0.287. The third kappa shape index (κ3) is 4.13. The lowest BCUT2D eigenvalue weighted by Gasteiger charge is -2.37. The highest BCUT2D eigenvalue weighted by Crippen LogP contribution is 2.51. The van der Waals surface area contributed by atoms with Crippen LogP contribution in [0, 0.1) is 17.3 Å². The fraction of sp³-hybridized carbons (Fsp3) is 0.727. The van der Waals surface area contributed by atoms with Gasteiger partial charge in [-0.25, -0.2) is 0 Å². The second-order valence-corrected chi connectivity index (χ2v) is 14.5. The molecule has 1 saturated carbocycles. The van der Waals surface area contributed by atoms with E-state index in [0.29, 0.717) is 19.4 Å². The Hall–Kier alpha value is -1.40. The smallest absolute Gasteiger partial charge is 0.323 e. The lowest BCUT2D eigenvalue weighted by Crippen LogP contribution is -2.42. The number of fused-ring (bicyclic) bond motifs is 1. The first-order chi connectivity index (χ1) is 12.9. The standard InChI is InChI=1S/C22H36O5Si/c1-15-17(14-27-28(7,8)21(2,3)4)11-9-10-16-12-22(13-18(15)16,19(23)25-5)20(24)26-6/h9-10,16-17H,11-14H2,1-8H3/t16-,17+/m1/s1. The van der Waals surface area contributed by atoms with Gasteiger partial charge >= 0.3 is 11.9 Å². The number of allylic oxidation sites excluding steroid dienone is 3. The largest absolute Gasteiger partial charge is 0.468 e. The first-order valence-electron chi connectivity index (χ1n) is 10.1. The van der Waals surface area contributed by atoms with Crippen LogP contribution >= 0.6 is 0 Å². The molecule has 158 valence electrons. The van der Waals surface area contributed by atoms with Crippen LogP contribution in [0.2, 0.25) is 18.1 Å². The summed E-state index contributed by atoms with van der Waals surface area (Å²) in [4.78, 5) is 25.1. The van der Waals surface area contributed by atoms with E-state index in [0.717, 1.165) is 12.0 Å². The fourth-order valence-corrected chi connectivity index (χ4v) is 5.04. The van der Waals surface area contributed by atoms with Crippen LogP contribution < -0.4 is 0 Å². The number of carbonyl (C=O) groups excluding carboxylic acids is 2. The maximum atomic E-state index is 12.5. The van der Waals surface area contributed by atoms with Crippen molar-refractivity contribution in [2.45, 2.75) is 65.1 Å². The molecule has 0 heterocycles. The van der Waals surface area contributed by atoms with Gasteiger partial charge in [0, 0.05) is 12.5 Å². The Bertz CT molecular complexity index is 668. The van der Waals surface area contributed by atoms with Crippen molar-refractivity contribution in [2.75, 3.05) is 20.8 Å². The van der Waals surface area contributed by atoms with Crippen molar-refractivity contribution in [2.24, 2.45) is 17.3 Å². The second kappa shape index (κ2) is 8.15. The summed E-state index contributed by atoms with van der Waals surface area (Å²) in [6, 6.07) is 0. The number of rotatable bonds is 5. The third-order valence-corrected chi connectivity index (χ3v) is 11.5. The predicted octanol–water partition coefficient (Wildman–Crippen LogP) is 4.64. The molecule has 0 bridgehead atoms. The van der Waals surface area contributed by atoms with Crippen LogP contribution in [-0.4, -0.2) is 41.1 Å². The molecule has 0 spiro atoms. The average molecular weight is 409 g/mol. The molecule has 2 rings (SSSR count). The van der Waals surface area contributed by atoms with Crippen molar-refractivity contribution in [3.05, 3.63) is 23.3 Å². The van der Waals surface area contributed by atoms with Crippen molar-refractivity contribution in [3.8, 4) is 0 Å². The molecule has 0 saturated heterocycles. The number of esters is 2. The monoisotopic (exact) mass is 408 g/mol. The molecule has 0 aromatic carbocycles.